The lowest BCUT2D eigenvalue weighted by Gasteiger charge is -2.26. The molecule has 0 spiro atoms. The first kappa shape index (κ1) is 23.9. The Hall–Kier alpha value is -3.26. The second-order valence-electron chi connectivity index (χ2n) is 8.35. The summed E-state index contributed by atoms with van der Waals surface area (Å²) in [5, 5.41) is 6.13. The van der Waals surface area contributed by atoms with Gasteiger partial charge in [-0.05, 0) is 68.5 Å². The summed E-state index contributed by atoms with van der Waals surface area (Å²) in [5.41, 5.74) is 1.52. The Morgan fingerprint density at radius 2 is 1.74 bits per heavy atom. The second kappa shape index (κ2) is 10.8. The molecule has 1 aliphatic carbocycles. The van der Waals surface area contributed by atoms with Gasteiger partial charge in [0.25, 0.3) is 5.91 Å². The van der Waals surface area contributed by atoms with E-state index in [0.29, 0.717) is 54.5 Å². The third-order valence-corrected chi connectivity index (χ3v) is 6.33. The third-order valence-electron chi connectivity index (χ3n) is 6.09. The van der Waals surface area contributed by atoms with E-state index in [0.717, 1.165) is 5.56 Å². The molecule has 2 amide bonds. The van der Waals surface area contributed by atoms with Gasteiger partial charge in [-0.3, -0.25) is 14.4 Å². The molecule has 0 atom stereocenters. The first-order chi connectivity index (χ1) is 16.4. The van der Waals surface area contributed by atoms with E-state index < -0.39 is 0 Å². The average Bonchev–Trinajstić information content (AvgIpc) is 3.32. The summed E-state index contributed by atoms with van der Waals surface area (Å²) >= 11 is 6.13. The molecular weight excluding hydrogens is 460 g/mol. The summed E-state index contributed by atoms with van der Waals surface area (Å²) in [7, 11) is 0. The van der Waals surface area contributed by atoms with Gasteiger partial charge in [0, 0.05) is 17.5 Å². The number of rotatable bonds is 7. The van der Waals surface area contributed by atoms with Crippen molar-refractivity contribution in [3.8, 4) is 11.5 Å². The van der Waals surface area contributed by atoms with Crippen LogP contribution in [0.5, 0.6) is 11.5 Å². The SMILES string of the molecule is CCOC(=O)[C@H]1CC[C@H](C(=O)Nc2ccc(Cl)cc2C(=O)NCc2ccc3c(c2)OCO3)CC1. The van der Waals surface area contributed by atoms with E-state index in [-0.39, 0.29) is 48.5 Å². The molecule has 180 valence electrons. The molecular formula is C25H27ClN2O6. The zero-order chi connectivity index (χ0) is 24.1. The zero-order valence-corrected chi connectivity index (χ0v) is 19.7. The maximum atomic E-state index is 12.9. The minimum absolute atomic E-state index is 0.156. The van der Waals surface area contributed by atoms with Crippen molar-refractivity contribution < 1.29 is 28.6 Å². The normalized spacial score (nSPS) is 18.8. The summed E-state index contributed by atoms with van der Waals surface area (Å²) in [6.07, 6.45) is 2.41. The number of carbonyl (C=O) groups is 3. The van der Waals surface area contributed by atoms with Crippen LogP contribution in [-0.2, 0) is 20.9 Å². The van der Waals surface area contributed by atoms with Crippen LogP contribution in [0.1, 0.15) is 48.5 Å². The van der Waals surface area contributed by atoms with Crippen LogP contribution in [0.2, 0.25) is 5.02 Å². The molecule has 2 aromatic rings. The van der Waals surface area contributed by atoms with Gasteiger partial charge in [0.1, 0.15) is 0 Å². The van der Waals surface area contributed by atoms with E-state index in [1.54, 1.807) is 25.1 Å². The molecule has 34 heavy (non-hydrogen) atoms. The Kier molecular flexibility index (Phi) is 7.57. The Labute approximate surface area is 202 Å². The highest BCUT2D eigenvalue weighted by atomic mass is 35.5. The number of esters is 1. The molecule has 0 unspecified atom stereocenters. The molecule has 9 heteroatoms. The monoisotopic (exact) mass is 486 g/mol. The number of amides is 2. The van der Waals surface area contributed by atoms with Crippen molar-refractivity contribution in [1.82, 2.24) is 5.32 Å². The number of benzene rings is 2. The summed E-state index contributed by atoms with van der Waals surface area (Å²) < 4.78 is 15.8. The molecule has 2 aromatic carbocycles. The number of fused-ring (bicyclic) bond motifs is 1. The summed E-state index contributed by atoms with van der Waals surface area (Å²) in [6.45, 7) is 2.59. The quantitative estimate of drug-likeness (QED) is 0.565. The van der Waals surface area contributed by atoms with E-state index >= 15 is 0 Å². The van der Waals surface area contributed by atoms with Crippen molar-refractivity contribution in [2.24, 2.45) is 11.8 Å². The maximum absolute atomic E-state index is 12.9. The van der Waals surface area contributed by atoms with Crippen molar-refractivity contribution in [3.05, 3.63) is 52.5 Å². The Bertz CT molecular complexity index is 1080. The summed E-state index contributed by atoms with van der Waals surface area (Å²) in [6, 6.07) is 10.2. The van der Waals surface area contributed by atoms with Gasteiger partial charge in [-0.1, -0.05) is 17.7 Å². The molecule has 1 saturated carbocycles. The van der Waals surface area contributed by atoms with E-state index in [1.165, 1.54) is 6.07 Å². The van der Waals surface area contributed by atoms with Gasteiger partial charge in [0.15, 0.2) is 11.5 Å². The topological polar surface area (TPSA) is 103 Å². The molecule has 0 radical (unpaired) electrons. The Morgan fingerprint density at radius 3 is 2.50 bits per heavy atom. The highest BCUT2D eigenvalue weighted by molar-refractivity contribution is 6.31. The van der Waals surface area contributed by atoms with Gasteiger partial charge in [-0.15, -0.1) is 0 Å². The van der Waals surface area contributed by atoms with E-state index in [1.807, 2.05) is 12.1 Å². The predicted molar refractivity (Wildman–Crippen MR) is 126 cm³/mol. The number of nitrogens with one attached hydrogen (secondary N) is 2. The largest absolute Gasteiger partial charge is 0.466 e. The number of hydrogen-bond acceptors (Lipinski definition) is 6. The van der Waals surface area contributed by atoms with Crippen LogP contribution in [0.25, 0.3) is 0 Å². The van der Waals surface area contributed by atoms with Gasteiger partial charge in [0.05, 0.1) is 23.8 Å². The minimum atomic E-state index is -0.360. The second-order valence-corrected chi connectivity index (χ2v) is 8.79. The molecule has 1 aliphatic heterocycles. The molecule has 2 aliphatic rings. The van der Waals surface area contributed by atoms with E-state index in [2.05, 4.69) is 10.6 Å². The van der Waals surface area contributed by atoms with Gasteiger partial charge >= 0.3 is 5.97 Å². The fraction of sp³-hybridized carbons (Fsp3) is 0.400. The van der Waals surface area contributed by atoms with Gasteiger partial charge in [0.2, 0.25) is 12.7 Å². The van der Waals surface area contributed by atoms with Crippen LogP contribution >= 0.6 is 11.6 Å². The highest BCUT2D eigenvalue weighted by Crippen LogP contribution is 2.33. The lowest BCUT2D eigenvalue weighted by atomic mass is 9.81. The molecule has 8 nitrogen and oxygen atoms in total. The van der Waals surface area contributed by atoms with Crippen LogP contribution in [0.4, 0.5) is 5.69 Å². The third kappa shape index (κ3) is 5.62. The van der Waals surface area contributed by atoms with Crippen molar-refractivity contribution in [2.75, 3.05) is 18.7 Å². The van der Waals surface area contributed by atoms with Gasteiger partial charge in [-0.2, -0.15) is 0 Å². The van der Waals surface area contributed by atoms with E-state index in [4.69, 9.17) is 25.8 Å². The molecule has 1 fully saturated rings. The summed E-state index contributed by atoms with van der Waals surface area (Å²) in [4.78, 5) is 37.8. The predicted octanol–water partition coefficient (Wildman–Crippen LogP) is 4.31. The van der Waals surface area contributed by atoms with Crippen LogP contribution in [0, 0.1) is 11.8 Å². The molecule has 1 heterocycles. The summed E-state index contributed by atoms with van der Waals surface area (Å²) in [5.74, 6) is 0.200. The highest BCUT2D eigenvalue weighted by Gasteiger charge is 2.31. The first-order valence-corrected chi connectivity index (χ1v) is 11.8. The molecule has 0 saturated heterocycles. The van der Waals surface area contributed by atoms with Gasteiger partial charge < -0.3 is 24.8 Å². The van der Waals surface area contributed by atoms with Crippen molar-refractivity contribution in [1.29, 1.82) is 0 Å². The number of ether oxygens (including phenoxy) is 3. The molecule has 0 aromatic heterocycles. The lowest BCUT2D eigenvalue weighted by Crippen LogP contribution is -2.31. The Morgan fingerprint density at radius 1 is 1.00 bits per heavy atom. The van der Waals surface area contributed by atoms with Crippen LogP contribution in [0.15, 0.2) is 36.4 Å². The fourth-order valence-electron chi connectivity index (χ4n) is 4.23. The smallest absolute Gasteiger partial charge is 0.308 e. The van der Waals surface area contributed by atoms with Crippen LogP contribution in [0.3, 0.4) is 0 Å². The van der Waals surface area contributed by atoms with E-state index in [9.17, 15) is 14.4 Å². The number of carbonyl (C=O) groups excluding carboxylic acids is 3. The first-order valence-electron chi connectivity index (χ1n) is 11.4. The standard InChI is InChI=1S/C25H27ClN2O6/c1-2-32-25(31)17-6-4-16(5-7-17)23(29)28-20-9-8-18(26)12-19(20)24(30)27-13-15-3-10-21-22(11-15)34-14-33-21/h3,8-12,16-17H,2,4-7,13-14H2,1H3,(H,27,30)(H,28,29)/t16-,17-. The molecule has 4 rings (SSSR count). The van der Waals surface area contributed by atoms with Crippen molar-refractivity contribution >= 4 is 35.1 Å². The average molecular weight is 487 g/mol. The lowest BCUT2D eigenvalue weighted by molar-refractivity contribution is -0.150. The molecule has 2 N–H and O–H groups in total. The van der Waals surface area contributed by atoms with Crippen molar-refractivity contribution in [2.45, 2.75) is 39.2 Å². The number of anilines is 1. The number of hydrogen-bond donors (Lipinski definition) is 2. The zero-order valence-electron chi connectivity index (χ0n) is 18.9. The van der Waals surface area contributed by atoms with Crippen LogP contribution < -0.4 is 20.1 Å². The van der Waals surface area contributed by atoms with Crippen molar-refractivity contribution in [3.63, 3.8) is 0 Å². The maximum Gasteiger partial charge on any atom is 0.308 e. The minimum Gasteiger partial charge on any atom is -0.466 e. The van der Waals surface area contributed by atoms with Crippen LogP contribution in [-0.4, -0.2) is 31.2 Å². The fourth-order valence-corrected chi connectivity index (χ4v) is 4.40. The molecule has 0 bridgehead atoms. The Balaban J connectivity index is 1.37. The van der Waals surface area contributed by atoms with Gasteiger partial charge in [-0.25, -0.2) is 0 Å². The number of halogens is 1.